The lowest BCUT2D eigenvalue weighted by molar-refractivity contribution is 0.0971. The molecule has 1 aromatic heterocycles. The Morgan fingerprint density at radius 2 is 1.64 bits per heavy atom. The van der Waals surface area contributed by atoms with Crippen LogP contribution in [0.3, 0.4) is 0 Å². The van der Waals surface area contributed by atoms with Crippen molar-refractivity contribution in [2.75, 3.05) is 25.2 Å². The summed E-state index contributed by atoms with van der Waals surface area (Å²) in [5.74, 6) is 1.52. The van der Waals surface area contributed by atoms with Crippen molar-refractivity contribution in [1.82, 2.24) is 0 Å². The van der Waals surface area contributed by atoms with Crippen LogP contribution in [0, 0.1) is 13.8 Å². The Labute approximate surface area is 227 Å². The van der Waals surface area contributed by atoms with Crippen LogP contribution in [0.25, 0.3) is 11.0 Å². The lowest BCUT2D eigenvalue weighted by atomic mass is 9.97. The van der Waals surface area contributed by atoms with Gasteiger partial charge in [0, 0.05) is 5.69 Å². The number of anilines is 1. The van der Waals surface area contributed by atoms with Crippen molar-refractivity contribution in [3.63, 3.8) is 0 Å². The molecule has 7 heteroatoms. The molecule has 0 spiro atoms. The van der Waals surface area contributed by atoms with Gasteiger partial charge in [-0.3, -0.25) is 14.5 Å². The fourth-order valence-corrected chi connectivity index (χ4v) is 4.98. The highest BCUT2D eigenvalue weighted by Crippen LogP contribution is 2.43. The molecule has 1 aliphatic heterocycles. The lowest BCUT2D eigenvalue weighted by Gasteiger charge is -2.26. The zero-order valence-corrected chi connectivity index (χ0v) is 23.0. The van der Waals surface area contributed by atoms with Gasteiger partial charge >= 0.3 is 0 Å². The van der Waals surface area contributed by atoms with Crippen LogP contribution >= 0.6 is 0 Å². The quantitative estimate of drug-likeness (QED) is 0.224. The van der Waals surface area contributed by atoms with E-state index in [1.165, 1.54) is 0 Å². The molecule has 7 nitrogen and oxygen atoms in total. The fourth-order valence-electron chi connectivity index (χ4n) is 4.98. The van der Waals surface area contributed by atoms with E-state index in [0.717, 1.165) is 24.0 Å². The molecule has 1 amide bonds. The standard InChI is InChI=1S/C32H33NO6/c1-6-8-15-38-25-14-9-21(18-27(25)36-5)29-28-30(34)24-16-19(3)20(4)17-26(24)39-31(28)32(35)33(29)22-10-12-23(13-11-22)37-7-2/h9-14,16-18,29H,6-8,15H2,1-5H3. The highest BCUT2D eigenvalue weighted by atomic mass is 16.5. The molecule has 2 heterocycles. The number of nitrogens with zero attached hydrogens (tertiary/aromatic N) is 1. The van der Waals surface area contributed by atoms with E-state index in [4.69, 9.17) is 18.6 Å². The van der Waals surface area contributed by atoms with Crippen LogP contribution in [0.4, 0.5) is 5.69 Å². The van der Waals surface area contributed by atoms with Gasteiger partial charge in [-0.25, -0.2) is 0 Å². The minimum absolute atomic E-state index is 0.0527. The summed E-state index contributed by atoms with van der Waals surface area (Å²) in [6.07, 6.45) is 1.94. The Kier molecular flexibility index (Phi) is 7.33. The summed E-state index contributed by atoms with van der Waals surface area (Å²) in [5.41, 5.74) is 3.80. The van der Waals surface area contributed by atoms with E-state index in [1.807, 2.05) is 75.4 Å². The number of carbonyl (C=O) groups excluding carboxylic acids is 1. The first-order valence-corrected chi connectivity index (χ1v) is 13.3. The number of benzene rings is 3. The number of carbonyl (C=O) groups is 1. The molecule has 1 unspecified atom stereocenters. The summed E-state index contributed by atoms with van der Waals surface area (Å²) in [6.45, 7) is 9.04. The van der Waals surface area contributed by atoms with Gasteiger partial charge in [-0.05, 0) is 92.4 Å². The van der Waals surface area contributed by atoms with Crippen LogP contribution in [-0.2, 0) is 0 Å². The first-order valence-electron chi connectivity index (χ1n) is 13.3. The van der Waals surface area contributed by atoms with E-state index >= 15 is 0 Å². The van der Waals surface area contributed by atoms with Crippen molar-refractivity contribution in [3.05, 3.63) is 92.8 Å². The third kappa shape index (κ3) is 4.73. The summed E-state index contributed by atoms with van der Waals surface area (Å²) >= 11 is 0. The van der Waals surface area contributed by atoms with Crippen LogP contribution in [0.1, 0.15) is 65.5 Å². The van der Waals surface area contributed by atoms with Crippen LogP contribution in [0.5, 0.6) is 17.2 Å². The molecule has 1 atom stereocenters. The molecule has 4 aromatic rings. The van der Waals surface area contributed by atoms with E-state index < -0.39 is 6.04 Å². The van der Waals surface area contributed by atoms with Gasteiger partial charge in [-0.1, -0.05) is 19.4 Å². The molecule has 0 fully saturated rings. The molecule has 1 aliphatic rings. The summed E-state index contributed by atoms with van der Waals surface area (Å²) in [7, 11) is 1.58. The molecular weight excluding hydrogens is 494 g/mol. The maximum absolute atomic E-state index is 14.0. The zero-order valence-electron chi connectivity index (χ0n) is 23.0. The number of fused-ring (bicyclic) bond motifs is 2. The largest absolute Gasteiger partial charge is 0.494 e. The Bertz CT molecular complexity index is 1590. The second-order valence-electron chi connectivity index (χ2n) is 9.72. The van der Waals surface area contributed by atoms with Crippen molar-refractivity contribution in [3.8, 4) is 17.2 Å². The molecule has 3 aromatic carbocycles. The Morgan fingerprint density at radius 1 is 0.897 bits per heavy atom. The Hall–Kier alpha value is -4.26. The topological polar surface area (TPSA) is 78.2 Å². The predicted octanol–water partition coefficient (Wildman–Crippen LogP) is 6.75. The smallest absolute Gasteiger partial charge is 0.295 e. The summed E-state index contributed by atoms with van der Waals surface area (Å²) in [6, 6.07) is 15.8. The number of hydrogen-bond donors (Lipinski definition) is 0. The highest BCUT2D eigenvalue weighted by molar-refractivity contribution is 6.10. The number of methoxy groups -OCH3 is 1. The van der Waals surface area contributed by atoms with E-state index in [0.29, 0.717) is 58.2 Å². The van der Waals surface area contributed by atoms with Gasteiger partial charge in [0.15, 0.2) is 16.9 Å². The maximum atomic E-state index is 14.0. The Balaban J connectivity index is 1.70. The van der Waals surface area contributed by atoms with Gasteiger partial charge in [-0.2, -0.15) is 0 Å². The van der Waals surface area contributed by atoms with Crippen LogP contribution in [0.2, 0.25) is 0 Å². The number of ether oxygens (including phenoxy) is 3. The Morgan fingerprint density at radius 3 is 2.33 bits per heavy atom. The second-order valence-corrected chi connectivity index (χ2v) is 9.72. The van der Waals surface area contributed by atoms with Crippen LogP contribution < -0.4 is 24.5 Å². The molecule has 0 radical (unpaired) electrons. The average Bonchev–Trinajstić information content (AvgIpc) is 3.23. The first kappa shape index (κ1) is 26.4. The minimum atomic E-state index is -0.716. The van der Waals surface area contributed by atoms with Crippen LogP contribution in [-0.4, -0.2) is 26.2 Å². The normalized spacial score (nSPS) is 14.5. The number of hydrogen-bond acceptors (Lipinski definition) is 6. The van der Waals surface area contributed by atoms with Gasteiger partial charge in [0.05, 0.1) is 37.3 Å². The molecule has 0 saturated heterocycles. The number of amides is 1. The molecule has 39 heavy (non-hydrogen) atoms. The zero-order chi connectivity index (χ0) is 27.7. The SMILES string of the molecule is CCCCOc1ccc(C2c3c(oc4cc(C)c(C)cc4c3=O)C(=O)N2c2ccc(OCC)cc2)cc1OC. The molecule has 5 rings (SSSR count). The molecular formula is C32H33NO6. The predicted molar refractivity (Wildman–Crippen MR) is 152 cm³/mol. The summed E-state index contributed by atoms with van der Waals surface area (Å²) < 4.78 is 23.4. The lowest BCUT2D eigenvalue weighted by Crippen LogP contribution is -2.29. The molecule has 0 N–H and O–H groups in total. The molecule has 0 saturated carbocycles. The van der Waals surface area contributed by atoms with Crippen molar-refractivity contribution in [1.29, 1.82) is 0 Å². The third-order valence-electron chi connectivity index (χ3n) is 7.17. The van der Waals surface area contributed by atoms with Gasteiger partial charge in [0.1, 0.15) is 11.3 Å². The molecule has 0 aliphatic carbocycles. The van der Waals surface area contributed by atoms with E-state index in [-0.39, 0.29) is 17.1 Å². The fraction of sp³-hybridized carbons (Fsp3) is 0.312. The van der Waals surface area contributed by atoms with Crippen LogP contribution in [0.15, 0.2) is 63.8 Å². The monoisotopic (exact) mass is 527 g/mol. The van der Waals surface area contributed by atoms with Gasteiger partial charge in [0.25, 0.3) is 5.91 Å². The van der Waals surface area contributed by atoms with Gasteiger partial charge in [0.2, 0.25) is 5.76 Å². The number of aryl methyl sites for hydroxylation is 2. The van der Waals surface area contributed by atoms with Crippen molar-refractivity contribution >= 4 is 22.6 Å². The first-order chi connectivity index (χ1) is 18.9. The summed E-state index contributed by atoms with van der Waals surface area (Å²) in [4.78, 5) is 29.6. The van der Waals surface area contributed by atoms with E-state index in [9.17, 15) is 9.59 Å². The van der Waals surface area contributed by atoms with Crippen molar-refractivity contribution in [2.24, 2.45) is 0 Å². The maximum Gasteiger partial charge on any atom is 0.295 e. The van der Waals surface area contributed by atoms with Gasteiger partial charge < -0.3 is 18.6 Å². The molecule has 202 valence electrons. The molecule has 0 bridgehead atoms. The number of unbranched alkanes of at least 4 members (excludes halogenated alkanes) is 1. The third-order valence-corrected chi connectivity index (χ3v) is 7.17. The van der Waals surface area contributed by atoms with Crippen molar-refractivity contribution < 1.29 is 23.4 Å². The highest BCUT2D eigenvalue weighted by Gasteiger charge is 2.44. The summed E-state index contributed by atoms with van der Waals surface area (Å²) in [5, 5.41) is 0.453. The van der Waals surface area contributed by atoms with Crippen molar-refractivity contribution in [2.45, 2.75) is 46.6 Å². The van der Waals surface area contributed by atoms with E-state index in [2.05, 4.69) is 6.92 Å². The minimum Gasteiger partial charge on any atom is -0.494 e. The number of rotatable bonds is 9. The second kappa shape index (κ2) is 10.8. The van der Waals surface area contributed by atoms with Gasteiger partial charge in [-0.15, -0.1) is 0 Å². The van der Waals surface area contributed by atoms with E-state index in [1.54, 1.807) is 12.0 Å². The average molecular weight is 528 g/mol.